The molecule has 3 radical (unpaired) electrons. The highest BCUT2D eigenvalue weighted by Crippen LogP contribution is 1.57. The molecular weight excluding hydrogens is 223 g/mol. The Hall–Kier alpha value is 0.600. The Balaban J connectivity index is 0. The summed E-state index contributed by atoms with van der Waals surface area (Å²) >= 11 is 0. The van der Waals surface area contributed by atoms with Crippen molar-refractivity contribution in [2.75, 3.05) is 0 Å². The van der Waals surface area contributed by atoms with Gasteiger partial charge in [-0.2, -0.15) is 0 Å². The molecule has 0 unspecified atom stereocenters. The lowest BCUT2D eigenvalue weighted by molar-refractivity contribution is -0.00000836. The second-order valence-electron chi connectivity index (χ2n) is 0.408. The van der Waals surface area contributed by atoms with Gasteiger partial charge in [0.2, 0.25) is 0 Å². The molecule has 0 aliphatic carbocycles. The molecule has 0 heterocycles. The lowest BCUT2D eigenvalue weighted by Crippen LogP contribution is -3.00. The molecule has 0 fully saturated rings. The van der Waals surface area contributed by atoms with Crippen LogP contribution in [0.4, 0.5) is 0 Å². The van der Waals surface area contributed by atoms with Gasteiger partial charge in [-0.25, -0.2) is 0 Å². The quantitative estimate of drug-likeness (QED) is 0.236. The van der Waals surface area contributed by atoms with Crippen molar-refractivity contribution in [3.63, 3.8) is 0 Å². The van der Waals surface area contributed by atoms with Gasteiger partial charge in [-0.3, -0.25) is 8.42 Å². The monoisotopic (exact) mass is 223 g/mol. The van der Waals surface area contributed by atoms with E-state index in [1.165, 1.54) is 0 Å². The summed E-state index contributed by atoms with van der Waals surface area (Å²) in [4.78, 5) is 0. The molecule has 0 saturated heterocycles. The van der Waals surface area contributed by atoms with Gasteiger partial charge in [-0.1, -0.05) is 0 Å². The van der Waals surface area contributed by atoms with Crippen LogP contribution in [0.3, 0.4) is 0 Å². The molecule has 0 saturated carbocycles. The van der Waals surface area contributed by atoms with E-state index in [4.69, 9.17) is 17.5 Å². The Morgan fingerprint density at radius 1 is 1.17 bits per heavy atom. The highest BCUT2D eigenvalue weighted by atomic mass is 127. The highest BCUT2D eigenvalue weighted by Gasteiger charge is 2.00. The van der Waals surface area contributed by atoms with E-state index in [1.54, 1.807) is 0 Å². The molecular formula is IO4S. The third-order valence-electron chi connectivity index (χ3n) is 0. The molecule has 0 rings (SSSR count). The second-order valence-corrected chi connectivity index (χ2v) is 1.22. The molecule has 37 valence electrons. The molecule has 6 heteroatoms. The minimum absolute atomic E-state index is 0. The average Bonchev–Trinajstić information content (AvgIpc) is 0.722. The van der Waals surface area contributed by atoms with Gasteiger partial charge in [0, 0.05) is 10.4 Å². The Labute approximate surface area is 52.1 Å². The summed E-state index contributed by atoms with van der Waals surface area (Å²) in [7, 11) is -5.17. The first-order chi connectivity index (χ1) is 2.00. The van der Waals surface area contributed by atoms with Crippen LogP contribution < -0.4 is 24.0 Å². The van der Waals surface area contributed by atoms with Crippen molar-refractivity contribution in [3.8, 4) is 0 Å². The summed E-state index contributed by atoms with van der Waals surface area (Å²) in [5, 5.41) is 0. The van der Waals surface area contributed by atoms with Gasteiger partial charge in [-0.05, 0) is 0 Å². The summed E-state index contributed by atoms with van der Waals surface area (Å²) in [5.74, 6) is 0. The van der Waals surface area contributed by atoms with E-state index in [0.29, 0.717) is 0 Å². The molecule has 0 aromatic carbocycles. The van der Waals surface area contributed by atoms with E-state index >= 15 is 0 Å². The van der Waals surface area contributed by atoms with Crippen LogP contribution in [0.1, 0.15) is 0 Å². The normalized spacial score (nSPS) is 9.67. The first kappa shape index (κ1) is 9.78. The third kappa shape index (κ3) is 166. The first-order valence-corrected chi connectivity index (χ1v) is 2.00. The maximum atomic E-state index is 8.52. The van der Waals surface area contributed by atoms with Crippen molar-refractivity contribution in [1.82, 2.24) is 0 Å². The lowest BCUT2D eigenvalue weighted by atomic mass is 15.8. The van der Waals surface area contributed by atoms with Crippen molar-refractivity contribution >= 4 is 10.4 Å². The molecule has 0 aromatic rings. The molecule has 0 aliphatic heterocycles. The minimum Gasteiger partial charge on any atom is -0.759 e. The zero-order valence-corrected chi connectivity index (χ0v) is 5.39. The Morgan fingerprint density at radius 3 is 1.17 bits per heavy atom. The summed E-state index contributed by atoms with van der Waals surface area (Å²) in [6, 6.07) is 0. The maximum absolute atomic E-state index is 8.52. The summed E-state index contributed by atoms with van der Waals surface area (Å²) in [6.45, 7) is 0. The fraction of sp³-hybridized carbons (Fsp3) is 0. The second kappa shape index (κ2) is 2.72. The van der Waals surface area contributed by atoms with Crippen molar-refractivity contribution < 1.29 is 41.5 Å². The molecule has 0 bridgehead atoms. The van der Waals surface area contributed by atoms with Crippen LogP contribution >= 0.6 is 0 Å². The van der Waals surface area contributed by atoms with E-state index in [2.05, 4.69) is 0 Å². The molecule has 0 N–H and O–H groups in total. The largest absolute Gasteiger partial charge is 2.00 e. The molecule has 0 aromatic heterocycles. The van der Waals surface area contributed by atoms with Crippen molar-refractivity contribution in [2.24, 2.45) is 0 Å². The minimum atomic E-state index is -5.17. The lowest BCUT2D eigenvalue weighted by Gasteiger charge is -2.06. The molecule has 0 aliphatic rings. The number of halogens is 1. The van der Waals surface area contributed by atoms with Gasteiger partial charge in [0.05, 0.1) is 0 Å². The molecule has 4 nitrogen and oxygen atoms in total. The standard InChI is InChI=1S/I.H2O4S/c;1-5(2,3)4/h;(H2,1,2,3,4)/q+2;/p-2. The SMILES string of the molecule is O=S(=O)([O-])[O-].[I+2]. The predicted octanol–water partition coefficient (Wildman–Crippen LogP) is -4.33. The first-order valence-electron chi connectivity index (χ1n) is 0.667. The summed E-state index contributed by atoms with van der Waals surface area (Å²) in [6.07, 6.45) is 0. The van der Waals surface area contributed by atoms with Gasteiger partial charge < -0.3 is 9.11 Å². The van der Waals surface area contributed by atoms with E-state index in [-0.39, 0.29) is 24.0 Å². The van der Waals surface area contributed by atoms with Crippen molar-refractivity contribution in [1.29, 1.82) is 0 Å². The van der Waals surface area contributed by atoms with Crippen LogP contribution in [0.5, 0.6) is 0 Å². The van der Waals surface area contributed by atoms with E-state index in [1.807, 2.05) is 0 Å². The van der Waals surface area contributed by atoms with Crippen LogP contribution in [0.15, 0.2) is 0 Å². The Morgan fingerprint density at radius 2 is 1.17 bits per heavy atom. The summed E-state index contributed by atoms with van der Waals surface area (Å²) < 4.78 is 34.1. The van der Waals surface area contributed by atoms with E-state index in [0.717, 1.165) is 0 Å². The van der Waals surface area contributed by atoms with E-state index < -0.39 is 10.4 Å². The van der Waals surface area contributed by atoms with Gasteiger partial charge in [-0.15, -0.1) is 0 Å². The third-order valence-corrected chi connectivity index (χ3v) is 0. The molecule has 0 amide bonds. The maximum Gasteiger partial charge on any atom is 2.00 e. The van der Waals surface area contributed by atoms with Gasteiger partial charge >= 0.3 is 24.0 Å². The summed E-state index contributed by atoms with van der Waals surface area (Å²) in [5.41, 5.74) is 0. The zero-order chi connectivity index (χ0) is 4.50. The highest BCUT2D eigenvalue weighted by molar-refractivity contribution is 7.79. The molecule has 0 spiro atoms. The smallest absolute Gasteiger partial charge is 0.759 e. The van der Waals surface area contributed by atoms with Crippen molar-refractivity contribution in [2.45, 2.75) is 0 Å². The fourth-order valence-corrected chi connectivity index (χ4v) is 0. The van der Waals surface area contributed by atoms with Crippen LogP contribution in [-0.4, -0.2) is 17.5 Å². The van der Waals surface area contributed by atoms with Crippen LogP contribution in [0.25, 0.3) is 0 Å². The zero-order valence-electron chi connectivity index (χ0n) is 2.42. The van der Waals surface area contributed by atoms with Crippen LogP contribution in [0.2, 0.25) is 0 Å². The number of hydrogen-bond donors (Lipinski definition) is 0. The van der Waals surface area contributed by atoms with Gasteiger partial charge in [0.25, 0.3) is 0 Å². The predicted molar refractivity (Wildman–Crippen MR) is 10.5 cm³/mol. The van der Waals surface area contributed by atoms with Gasteiger partial charge in [0.1, 0.15) is 0 Å². The van der Waals surface area contributed by atoms with Crippen LogP contribution in [-0.2, 0) is 10.4 Å². The Kier molecular flexibility index (Phi) is 4.43. The fourth-order valence-electron chi connectivity index (χ4n) is 0. The van der Waals surface area contributed by atoms with E-state index in [9.17, 15) is 0 Å². The number of hydrogen-bond acceptors (Lipinski definition) is 4. The number of rotatable bonds is 0. The Bertz CT molecular complexity index is 90.7. The van der Waals surface area contributed by atoms with Gasteiger partial charge in [0.15, 0.2) is 0 Å². The molecule has 6 heavy (non-hydrogen) atoms. The molecule has 0 atom stereocenters. The van der Waals surface area contributed by atoms with Crippen molar-refractivity contribution in [3.05, 3.63) is 0 Å². The van der Waals surface area contributed by atoms with Crippen LogP contribution in [0, 0.1) is 0 Å². The average molecular weight is 223 g/mol. The topological polar surface area (TPSA) is 80.3 Å².